The number of ether oxygens (including phenoxy) is 1. The minimum absolute atomic E-state index is 0. The molecule has 3 rings (SSSR count). The highest BCUT2D eigenvalue weighted by Crippen LogP contribution is 2.13. The van der Waals surface area contributed by atoms with Gasteiger partial charge in [-0.25, -0.2) is 0 Å². The van der Waals surface area contributed by atoms with E-state index in [0.717, 1.165) is 12.5 Å². The molecule has 0 aliphatic carbocycles. The summed E-state index contributed by atoms with van der Waals surface area (Å²) < 4.78 is 7.82. The van der Waals surface area contributed by atoms with Crippen LogP contribution in [0.15, 0.2) is 72.0 Å². The minimum atomic E-state index is -0.145. The fraction of sp³-hybridized carbons (Fsp3) is 0.360. The van der Waals surface area contributed by atoms with Crippen LogP contribution >= 0.6 is 24.0 Å². The van der Waals surface area contributed by atoms with Crippen LogP contribution in [0, 0.1) is 0 Å². The molecule has 0 radical (unpaired) electrons. The van der Waals surface area contributed by atoms with Gasteiger partial charge in [-0.15, -0.1) is 24.0 Å². The predicted octanol–water partition coefficient (Wildman–Crippen LogP) is 4.73. The number of benzene rings is 2. The molecule has 32 heavy (non-hydrogen) atoms. The Bertz CT molecular complexity index is 980. The Morgan fingerprint density at radius 2 is 1.69 bits per heavy atom. The highest BCUT2D eigenvalue weighted by Gasteiger charge is 2.10. The van der Waals surface area contributed by atoms with Crippen molar-refractivity contribution in [3.63, 3.8) is 0 Å². The average molecular weight is 547 g/mol. The Labute approximate surface area is 208 Å². The molecule has 0 saturated heterocycles. The van der Waals surface area contributed by atoms with Gasteiger partial charge in [-0.1, -0.05) is 48.5 Å². The average Bonchev–Trinajstić information content (AvgIpc) is 3.26. The standard InChI is InChI=1S/C25H33N5O.HI/c1-25(2,3)31-19-21-10-7-9-20(15-21)16-27-24(26-4)28-17-22-11-5-6-12-23(22)18-30-14-8-13-29-30;/h5-15H,16-19H2,1-4H3,(H2,26,27,28);1H. The van der Waals surface area contributed by atoms with Gasteiger partial charge in [0.1, 0.15) is 0 Å². The monoisotopic (exact) mass is 547 g/mol. The van der Waals surface area contributed by atoms with Gasteiger partial charge >= 0.3 is 0 Å². The van der Waals surface area contributed by atoms with Crippen molar-refractivity contribution in [3.8, 4) is 0 Å². The summed E-state index contributed by atoms with van der Waals surface area (Å²) in [6, 6.07) is 18.8. The number of hydrogen-bond donors (Lipinski definition) is 2. The lowest BCUT2D eigenvalue weighted by Crippen LogP contribution is -2.36. The molecule has 3 aromatic rings. The Kier molecular flexibility index (Phi) is 10.2. The van der Waals surface area contributed by atoms with Crippen LogP contribution in [0.2, 0.25) is 0 Å². The second-order valence-electron chi connectivity index (χ2n) is 8.47. The summed E-state index contributed by atoms with van der Waals surface area (Å²) in [5, 5.41) is 11.1. The number of halogens is 1. The molecule has 2 aromatic carbocycles. The molecule has 6 nitrogen and oxygen atoms in total. The molecule has 0 amide bonds. The maximum atomic E-state index is 5.89. The number of aliphatic imine (C=N–C) groups is 1. The molecule has 0 saturated carbocycles. The van der Waals surface area contributed by atoms with Crippen molar-refractivity contribution in [3.05, 3.63) is 89.2 Å². The van der Waals surface area contributed by atoms with E-state index in [1.165, 1.54) is 22.3 Å². The Hall–Kier alpha value is -2.39. The van der Waals surface area contributed by atoms with E-state index >= 15 is 0 Å². The number of guanidine groups is 1. The van der Waals surface area contributed by atoms with Gasteiger partial charge in [0.15, 0.2) is 5.96 Å². The zero-order valence-electron chi connectivity index (χ0n) is 19.3. The second kappa shape index (κ2) is 12.6. The molecule has 0 fully saturated rings. The maximum absolute atomic E-state index is 5.89. The van der Waals surface area contributed by atoms with E-state index in [2.05, 4.69) is 90.0 Å². The summed E-state index contributed by atoms with van der Waals surface area (Å²) in [4.78, 5) is 4.37. The van der Waals surface area contributed by atoms with Crippen molar-refractivity contribution in [2.75, 3.05) is 7.05 Å². The number of aromatic nitrogens is 2. The SMILES string of the molecule is CN=C(NCc1cccc(COC(C)(C)C)c1)NCc1ccccc1Cn1cccn1.I. The van der Waals surface area contributed by atoms with Crippen LogP contribution in [-0.2, 0) is 31.0 Å². The maximum Gasteiger partial charge on any atom is 0.191 e. The van der Waals surface area contributed by atoms with E-state index in [9.17, 15) is 0 Å². The smallest absolute Gasteiger partial charge is 0.191 e. The lowest BCUT2D eigenvalue weighted by Gasteiger charge is -2.20. The van der Waals surface area contributed by atoms with Crippen LogP contribution in [0.3, 0.4) is 0 Å². The zero-order chi connectivity index (χ0) is 22.1. The quantitative estimate of drug-likeness (QED) is 0.243. The molecule has 0 aliphatic rings. The first-order valence-electron chi connectivity index (χ1n) is 10.6. The fourth-order valence-electron chi connectivity index (χ4n) is 3.17. The van der Waals surface area contributed by atoms with Crippen LogP contribution in [0.5, 0.6) is 0 Å². The normalized spacial score (nSPS) is 11.7. The lowest BCUT2D eigenvalue weighted by atomic mass is 10.1. The summed E-state index contributed by atoms with van der Waals surface area (Å²) in [5.41, 5.74) is 4.68. The van der Waals surface area contributed by atoms with Crippen molar-refractivity contribution in [1.82, 2.24) is 20.4 Å². The first kappa shape index (κ1) is 25.9. The van der Waals surface area contributed by atoms with Crippen molar-refractivity contribution < 1.29 is 4.74 Å². The van der Waals surface area contributed by atoms with Gasteiger partial charge in [-0.3, -0.25) is 9.67 Å². The summed E-state index contributed by atoms with van der Waals surface area (Å²) in [6.07, 6.45) is 3.78. The lowest BCUT2D eigenvalue weighted by molar-refractivity contribution is -0.0149. The van der Waals surface area contributed by atoms with E-state index in [1.807, 2.05) is 16.9 Å². The molecule has 2 N–H and O–H groups in total. The zero-order valence-corrected chi connectivity index (χ0v) is 21.7. The summed E-state index contributed by atoms with van der Waals surface area (Å²) in [6.45, 7) is 8.95. The molecule has 0 spiro atoms. The summed E-state index contributed by atoms with van der Waals surface area (Å²) in [7, 11) is 1.79. The first-order chi connectivity index (χ1) is 14.9. The Balaban J connectivity index is 0.00000363. The third kappa shape index (κ3) is 8.63. The van der Waals surface area contributed by atoms with Gasteiger partial charge in [0.05, 0.1) is 18.8 Å². The molecule has 7 heteroatoms. The van der Waals surface area contributed by atoms with Crippen LogP contribution in [0.1, 0.15) is 43.0 Å². The number of rotatable bonds is 8. The van der Waals surface area contributed by atoms with Crippen molar-refractivity contribution >= 4 is 29.9 Å². The van der Waals surface area contributed by atoms with Gasteiger partial charge in [-0.05, 0) is 49.1 Å². The van der Waals surface area contributed by atoms with E-state index in [1.54, 1.807) is 13.2 Å². The van der Waals surface area contributed by atoms with E-state index < -0.39 is 0 Å². The number of hydrogen-bond acceptors (Lipinski definition) is 3. The molecule has 1 aromatic heterocycles. The minimum Gasteiger partial charge on any atom is -0.371 e. The van der Waals surface area contributed by atoms with E-state index in [4.69, 9.17) is 4.74 Å². The largest absolute Gasteiger partial charge is 0.371 e. The van der Waals surface area contributed by atoms with Gasteiger partial charge < -0.3 is 15.4 Å². The van der Waals surface area contributed by atoms with Crippen molar-refractivity contribution in [2.45, 2.75) is 52.6 Å². The van der Waals surface area contributed by atoms with E-state index in [0.29, 0.717) is 19.7 Å². The topological polar surface area (TPSA) is 63.5 Å². The van der Waals surface area contributed by atoms with Crippen LogP contribution in [-0.4, -0.2) is 28.4 Å². The number of nitrogens with zero attached hydrogens (tertiary/aromatic N) is 3. The van der Waals surface area contributed by atoms with Crippen LogP contribution < -0.4 is 10.6 Å². The highest BCUT2D eigenvalue weighted by molar-refractivity contribution is 14.0. The molecule has 0 atom stereocenters. The predicted molar refractivity (Wildman–Crippen MR) is 141 cm³/mol. The highest BCUT2D eigenvalue weighted by atomic mass is 127. The van der Waals surface area contributed by atoms with Crippen molar-refractivity contribution in [2.24, 2.45) is 4.99 Å². The molecular formula is C25H34IN5O. The van der Waals surface area contributed by atoms with Gasteiger partial charge in [-0.2, -0.15) is 5.10 Å². The fourth-order valence-corrected chi connectivity index (χ4v) is 3.17. The third-order valence-electron chi connectivity index (χ3n) is 4.80. The number of nitrogens with one attached hydrogen (secondary N) is 2. The Morgan fingerprint density at radius 1 is 0.969 bits per heavy atom. The van der Waals surface area contributed by atoms with E-state index in [-0.39, 0.29) is 29.6 Å². The molecule has 0 aliphatic heterocycles. The summed E-state index contributed by atoms with van der Waals surface area (Å²) >= 11 is 0. The molecule has 172 valence electrons. The Morgan fingerprint density at radius 3 is 2.38 bits per heavy atom. The molecule has 0 bridgehead atoms. The van der Waals surface area contributed by atoms with Crippen LogP contribution in [0.25, 0.3) is 0 Å². The van der Waals surface area contributed by atoms with Gasteiger partial charge in [0, 0.05) is 32.5 Å². The van der Waals surface area contributed by atoms with Gasteiger partial charge in [0.25, 0.3) is 0 Å². The first-order valence-corrected chi connectivity index (χ1v) is 10.6. The molecule has 1 heterocycles. The molecular weight excluding hydrogens is 513 g/mol. The second-order valence-corrected chi connectivity index (χ2v) is 8.47. The molecule has 0 unspecified atom stereocenters. The van der Waals surface area contributed by atoms with Crippen LogP contribution in [0.4, 0.5) is 0 Å². The summed E-state index contributed by atoms with van der Waals surface area (Å²) in [5.74, 6) is 0.769. The van der Waals surface area contributed by atoms with Crippen molar-refractivity contribution in [1.29, 1.82) is 0 Å². The third-order valence-corrected chi connectivity index (χ3v) is 4.80. The van der Waals surface area contributed by atoms with Gasteiger partial charge in [0.2, 0.25) is 0 Å².